The molecule has 0 bridgehead atoms. The fourth-order valence-corrected chi connectivity index (χ4v) is 2.62. The van der Waals surface area contributed by atoms with Crippen molar-refractivity contribution in [1.82, 2.24) is 10.2 Å². The van der Waals surface area contributed by atoms with Gasteiger partial charge in [-0.15, -0.1) is 0 Å². The molecule has 0 saturated carbocycles. The molecule has 1 heterocycles. The van der Waals surface area contributed by atoms with E-state index < -0.39 is 0 Å². The minimum Gasteiger partial charge on any atom is -0.317 e. The quantitative estimate of drug-likeness (QED) is 0.672. The summed E-state index contributed by atoms with van der Waals surface area (Å²) in [5, 5.41) is 3.31. The first-order valence-electron chi connectivity index (χ1n) is 7.15. The minimum atomic E-state index is 0.685. The van der Waals surface area contributed by atoms with Gasteiger partial charge in [-0.05, 0) is 58.7 Å². The van der Waals surface area contributed by atoms with Crippen molar-refractivity contribution in [3.8, 4) is 0 Å². The molecule has 0 spiro atoms. The Morgan fingerprint density at radius 1 is 1.38 bits per heavy atom. The molecule has 2 unspecified atom stereocenters. The van der Waals surface area contributed by atoms with Gasteiger partial charge in [0.15, 0.2) is 0 Å². The lowest BCUT2D eigenvalue weighted by atomic mass is 9.95. The first-order chi connectivity index (χ1) is 7.76. The Labute approximate surface area is 102 Å². The zero-order valence-corrected chi connectivity index (χ0v) is 11.5. The van der Waals surface area contributed by atoms with Gasteiger partial charge in [0, 0.05) is 12.6 Å². The number of likely N-dealkylation sites (tertiary alicyclic amines) is 1. The van der Waals surface area contributed by atoms with Crippen LogP contribution in [0.3, 0.4) is 0 Å². The van der Waals surface area contributed by atoms with Gasteiger partial charge in [-0.3, -0.25) is 0 Å². The number of hydrogen-bond donors (Lipinski definition) is 1. The van der Waals surface area contributed by atoms with Crippen LogP contribution in [-0.4, -0.2) is 37.6 Å². The summed E-state index contributed by atoms with van der Waals surface area (Å²) in [7, 11) is 2.06. The highest BCUT2D eigenvalue weighted by molar-refractivity contribution is 4.72. The summed E-state index contributed by atoms with van der Waals surface area (Å²) in [4.78, 5) is 2.68. The molecular formula is C14H30N2. The van der Waals surface area contributed by atoms with Crippen molar-refractivity contribution >= 4 is 0 Å². The third kappa shape index (κ3) is 5.31. The van der Waals surface area contributed by atoms with Gasteiger partial charge in [0.1, 0.15) is 0 Å². The van der Waals surface area contributed by atoms with Crippen molar-refractivity contribution in [3.05, 3.63) is 0 Å². The molecule has 96 valence electrons. The summed E-state index contributed by atoms with van der Waals surface area (Å²) < 4.78 is 0. The molecular weight excluding hydrogens is 196 g/mol. The van der Waals surface area contributed by atoms with Crippen molar-refractivity contribution in [1.29, 1.82) is 0 Å². The van der Waals surface area contributed by atoms with E-state index in [4.69, 9.17) is 0 Å². The summed E-state index contributed by atoms with van der Waals surface area (Å²) in [5.41, 5.74) is 0. The van der Waals surface area contributed by atoms with Gasteiger partial charge in [0.05, 0.1) is 0 Å². The van der Waals surface area contributed by atoms with Gasteiger partial charge < -0.3 is 10.2 Å². The minimum absolute atomic E-state index is 0.685. The monoisotopic (exact) mass is 226 g/mol. The second-order valence-corrected chi connectivity index (χ2v) is 5.40. The molecule has 0 amide bonds. The molecule has 1 aliphatic heterocycles. The highest BCUT2D eigenvalue weighted by Crippen LogP contribution is 2.19. The average Bonchev–Trinajstić information content (AvgIpc) is 2.34. The van der Waals surface area contributed by atoms with Gasteiger partial charge in [-0.2, -0.15) is 0 Å². The fourth-order valence-electron chi connectivity index (χ4n) is 2.62. The van der Waals surface area contributed by atoms with E-state index in [9.17, 15) is 0 Å². The summed E-state index contributed by atoms with van der Waals surface area (Å²) in [5.74, 6) is 0.977. The van der Waals surface area contributed by atoms with Crippen molar-refractivity contribution in [2.75, 3.05) is 26.7 Å². The lowest BCUT2D eigenvalue weighted by Gasteiger charge is -2.32. The zero-order chi connectivity index (χ0) is 11.8. The number of piperidine rings is 1. The maximum absolute atomic E-state index is 3.31. The normalized spacial score (nSPS) is 24.6. The Hall–Kier alpha value is -0.0800. The molecule has 0 aromatic heterocycles. The molecule has 1 fully saturated rings. The Morgan fingerprint density at radius 2 is 2.19 bits per heavy atom. The van der Waals surface area contributed by atoms with E-state index in [2.05, 4.69) is 31.1 Å². The molecule has 0 radical (unpaired) electrons. The van der Waals surface area contributed by atoms with Gasteiger partial charge >= 0.3 is 0 Å². The first-order valence-corrected chi connectivity index (χ1v) is 7.15. The third-order valence-corrected chi connectivity index (χ3v) is 4.03. The van der Waals surface area contributed by atoms with E-state index in [0.29, 0.717) is 6.04 Å². The van der Waals surface area contributed by atoms with E-state index in [0.717, 1.165) is 5.92 Å². The molecule has 1 N–H and O–H groups in total. The number of nitrogens with zero attached hydrogens (tertiary/aromatic N) is 1. The van der Waals surface area contributed by atoms with Gasteiger partial charge in [0.2, 0.25) is 0 Å². The smallest absolute Gasteiger partial charge is 0.00357 e. The zero-order valence-electron chi connectivity index (χ0n) is 11.5. The van der Waals surface area contributed by atoms with E-state index in [-0.39, 0.29) is 0 Å². The SMILES string of the molecule is CCC1CCCN(CCCCC(C)NC)C1. The van der Waals surface area contributed by atoms with E-state index in [1.807, 2.05) is 0 Å². The molecule has 2 atom stereocenters. The van der Waals surface area contributed by atoms with Crippen LogP contribution in [-0.2, 0) is 0 Å². The Balaban J connectivity index is 2.04. The van der Waals surface area contributed by atoms with Crippen molar-refractivity contribution in [3.63, 3.8) is 0 Å². The molecule has 1 aliphatic rings. The largest absolute Gasteiger partial charge is 0.317 e. The number of unbranched alkanes of at least 4 members (excludes halogenated alkanes) is 1. The maximum atomic E-state index is 3.31. The molecule has 16 heavy (non-hydrogen) atoms. The number of nitrogens with one attached hydrogen (secondary N) is 1. The van der Waals surface area contributed by atoms with Gasteiger partial charge in [-0.25, -0.2) is 0 Å². The summed E-state index contributed by atoms with van der Waals surface area (Å²) >= 11 is 0. The van der Waals surface area contributed by atoms with Crippen molar-refractivity contribution in [2.24, 2.45) is 5.92 Å². The number of rotatable bonds is 7. The van der Waals surface area contributed by atoms with Crippen LogP contribution in [0.15, 0.2) is 0 Å². The Morgan fingerprint density at radius 3 is 2.88 bits per heavy atom. The van der Waals surface area contributed by atoms with Crippen molar-refractivity contribution in [2.45, 2.75) is 58.4 Å². The van der Waals surface area contributed by atoms with Crippen molar-refractivity contribution < 1.29 is 0 Å². The topological polar surface area (TPSA) is 15.3 Å². The third-order valence-electron chi connectivity index (χ3n) is 4.03. The predicted octanol–water partition coefficient (Wildman–Crippen LogP) is 2.89. The van der Waals surface area contributed by atoms with E-state index in [1.165, 1.54) is 58.2 Å². The fraction of sp³-hybridized carbons (Fsp3) is 1.00. The maximum Gasteiger partial charge on any atom is 0.00357 e. The van der Waals surface area contributed by atoms with Crippen LogP contribution >= 0.6 is 0 Å². The molecule has 2 heteroatoms. The summed E-state index contributed by atoms with van der Waals surface area (Å²) in [6, 6.07) is 0.685. The van der Waals surface area contributed by atoms with Crippen LogP contribution < -0.4 is 5.32 Å². The van der Waals surface area contributed by atoms with E-state index >= 15 is 0 Å². The molecule has 2 nitrogen and oxygen atoms in total. The molecule has 1 rings (SSSR count). The standard InChI is InChI=1S/C14H30N2/c1-4-14-9-7-11-16(12-14)10-6-5-8-13(2)15-3/h13-15H,4-12H2,1-3H3. The first kappa shape index (κ1) is 14.0. The lowest BCUT2D eigenvalue weighted by Crippen LogP contribution is -2.35. The Bertz CT molecular complexity index is 170. The van der Waals surface area contributed by atoms with Gasteiger partial charge in [0.25, 0.3) is 0 Å². The van der Waals surface area contributed by atoms with Crippen LogP contribution in [0.5, 0.6) is 0 Å². The van der Waals surface area contributed by atoms with Crippen LogP contribution in [0, 0.1) is 5.92 Å². The molecule has 1 saturated heterocycles. The summed E-state index contributed by atoms with van der Waals surface area (Å²) in [6.07, 6.45) is 8.32. The highest BCUT2D eigenvalue weighted by atomic mass is 15.1. The van der Waals surface area contributed by atoms with Gasteiger partial charge in [-0.1, -0.05) is 19.8 Å². The van der Waals surface area contributed by atoms with Crippen LogP contribution in [0.25, 0.3) is 0 Å². The highest BCUT2D eigenvalue weighted by Gasteiger charge is 2.17. The summed E-state index contributed by atoms with van der Waals surface area (Å²) in [6.45, 7) is 8.64. The van der Waals surface area contributed by atoms with Crippen LogP contribution in [0.4, 0.5) is 0 Å². The van der Waals surface area contributed by atoms with Crippen LogP contribution in [0.2, 0.25) is 0 Å². The average molecular weight is 226 g/mol. The lowest BCUT2D eigenvalue weighted by molar-refractivity contribution is 0.168. The second kappa shape index (κ2) is 8.08. The second-order valence-electron chi connectivity index (χ2n) is 5.40. The molecule has 0 aromatic carbocycles. The predicted molar refractivity (Wildman–Crippen MR) is 71.8 cm³/mol. The van der Waals surface area contributed by atoms with E-state index in [1.54, 1.807) is 0 Å². The molecule has 0 aliphatic carbocycles. The number of hydrogen-bond acceptors (Lipinski definition) is 2. The Kier molecular flexibility index (Phi) is 7.06. The van der Waals surface area contributed by atoms with Crippen LogP contribution in [0.1, 0.15) is 52.4 Å². The molecule has 0 aromatic rings.